The third kappa shape index (κ3) is 4.40. The Labute approximate surface area is 129 Å². The number of likely N-dealkylation sites (tertiary alicyclic amines) is 3. The van der Waals surface area contributed by atoms with Gasteiger partial charge < -0.3 is 14.7 Å². The molecule has 0 spiro atoms. The molecule has 0 N–H and O–H groups in total. The van der Waals surface area contributed by atoms with Crippen LogP contribution in [0, 0.1) is 11.8 Å². The Morgan fingerprint density at radius 2 is 1.67 bits per heavy atom. The van der Waals surface area contributed by atoms with Crippen LogP contribution in [0.15, 0.2) is 0 Å². The number of piperidine rings is 2. The molecule has 3 heterocycles. The molecule has 3 rings (SSSR count). The molecular weight excluding hydrogens is 265 g/mol. The Kier molecular flexibility index (Phi) is 5.52. The summed E-state index contributed by atoms with van der Waals surface area (Å²) >= 11 is 0. The molecule has 0 aromatic heterocycles. The van der Waals surface area contributed by atoms with E-state index in [1.165, 1.54) is 51.9 Å². The zero-order valence-electron chi connectivity index (χ0n) is 13.6. The second-order valence-electron chi connectivity index (χ2n) is 7.60. The molecule has 21 heavy (non-hydrogen) atoms. The van der Waals surface area contributed by atoms with Crippen molar-refractivity contribution >= 4 is 0 Å². The average molecular weight is 297 g/mol. The SMILES string of the molecule is CN1CCC(CN2CCC(CN3CCCCC3)C(F)C2)C1. The molecule has 3 aliphatic rings. The topological polar surface area (TPSA) is 9.72 Å². The van der Waals surface area contributed by atoms with Gasteiger partial charge in [-0.3, -0.25) is 0 Å². The van der Waals surface area contributed by atoms with Gasteiger partial charge in [0.05, 0.1) is 0 Å². The van der Waals surface area contributed by atoms with Gasteiger partial charge in [0.25, 0.3) is 0 Å². The molecule has 0 amide bonds. The number of alkyl halides is 1. The van der Waals surface area contributed by atoms with E-state index in [1.54, 1.807) is 0 Å². The third-order valence-electron chi connectivity index (χ3n) is 5.71. The van der Waals surface area contributed by atoms with Crippen LogP contribution in [0.5, 0.6) is 0 Å². The summed E-state index contributed by atoms with van der Waals surface area (Å²) in [6.45, 7) is 8.71. The van der Waals surface area contributed by atoms with Gasteiger partial charge in [-0.05, 0) is 64.8 Å². The van der Waals surface area contributed by atoms with Crippen LogP contribution in [0.2, 0.25) is 0 Å². The monoisotopic (exact) mass is 297 g/mol. The normalized spacial score (nSPS) is 37.1. The van der Waals surface area contributed by atoms with Gasteiger partial charge in [0.15, 0.2) is 0 Å². The minimum absolute atomic E-state index is 0.283. The zero-order valence-corrected chi connectivity index (χ0v) is 13.6. The molecule has 0 bridgehead atoms. The van der Waals surface area contributed by atoms with Crippen LogP contribution in [0.3, 0.4) is 0 Å². The molecule has 4 heteroatoms. The Morgan fingerprint density at radius 3 is 2.33 bits per heavy atom. The van der Waals surface area contributed by atoms with Gasteiger partial charge in [0.2, 0.25) is 0 Å². The number of hydrogen-bond donors (Lipinski definition) is 0. The van der Waals surface area contributed by atoms with Crippen LogP contribution in [0.1, 0.15) is 32.1 Å². The summed E-state index contributed by atoms with van der Waals surface area (Å²) in [6, 6.07) is 0. The Bertz CT molecular complexity index is 319. The maximum Gasteiger partial charge on any atom is 0.117 e. The lowest BCUT2D eigenvalue weighted by atomic mass is 9.92. The van der Waals surface area contributed by atoms with E-state index in [1.807, 2.05) is 0 Å². The lowest BCUT2D eigenvalue weighted by molar-refractivity contribution is 0.0498. The van der Waals surface area contributed by atoms with Crippen molar-refractivity contribution in [3.05, 3.63) is 0 Å². The first-order chi connectivity index (χ1) is 10.2. The van der Waals surface area contributed by atoms with Crippen LogP contribution in [0.25, 0.3) is 0 Å². The van der Waals surface area contributed by atoms with E-state index in [9.17, 15) is 4.39 Å². The number of nitrogens with zero attached hydrogens (tertiary/aromatic N) is 3. The van der Waals surface area contributed by atoms with Gasteiger partial charge in [-0.25, -0.2) is 4.39 Å². The van der Waals surface area contributed by atoms with Crippen LogP contribution in [0.4, 0.5) is 4.39 Å². The van der Waals surface area contributed by atoms with E-state index < -0.39 is 6.17 Å². The van der Waals surface area contributed by atoms with Crippen molar-refractivity contribution in [1.29, 1.82) is 0 Å². The van der Waals surface area contributed by atoms with E-state index in [2.05, 4.69) is 21.7 Å². The van der Waals surface area contributed by atoms with E-state index >= 15 is 0 Å². The van der Waals surface area contributed by atoms with Crippen molar-refractivity contribution in [3.63, 3.8) is 0 Å². The van der Waals surface area contributed by atoms with Gasteiger partial charge in [-0.15, -0.1) is 0 Å². The Hall–Kier alpha value is -0.190. The van der Waals surface area contributed by atoms with Gasteiger partial charge in [0.1, 0.15) is 6.17 Å². The molecule has 0 aromatic carbocycles. The maximum atomic E-state index is 14.5. The van der Waals surface area contributed by atoms with Gasteiger partial charge in [-0.2, -0.15) is 0 Å². The maximum absolute atomic E-state index is 14.5. The second-order valence-corrected chi connectivity index (χ2v) is 7.60. The smallest absolute Gasteiger partial charge is 0.117 e. The lowest BCUT2D eigenvalue weighted by Crippen LogP contribution is -2.48. The summed E-state index contributed by atoms with van der Waals surface area (Å²) in [7, 11) is 2.20. The quantitative estimate of drug-likeness (QED) is 0.787. The molecule has 3 atom stereocenters. The molecular formula is C17H32FN3. The van der Waals surface area contributed by atoms with Crippen LogP contribution in [-0.2, 0) is 0 Å². The van der Waals surface area contributed by atoms with E-state index in [0.29, 0.717) is 6.54 Å². The minimum atomic E-state index is -0.611. The van der Waals surface area contributed by atoms with Crippen molar-refractivity contribution in [2.75, 3.05) is 59.4 Å². The van der Waals surface area contributed by atoms with Crippen molar-refractivity contribution in [2.45, 2.75) is 38.3 Å². The molecule has 0 aliphatic carbocycles. The van der Waals surface area contributed by atoms with Crippen LogP contribution >= 0.6 is 0 Å². The van der Waals surface area contributed by atoms with E-state index in [4.69, 9.17) is 0 Å². The van der Waals surface area contributed by atoms with Crippen molar-refractivity contribution < 1.29 is 4.39 Å². The molecule has 3 unspecified atom stereocenters. The standard InChI is InChI=1S/C17H32FN3/c1-19-9-5-15(11-19)12-21-10-6-16(17(18)14-21)13-20-7-3-2-4-8-20/h15-17H,2-14H2,1H3. The summed E-state index contributed by atoms with van der Waals surface area (Å²) < 4.78 is 14.5. The average Bonchev–Trinajstić information content (AvgIpc) is 2.88. The Morgan fingerprint density at radius 1 is 0.857 bits per heavy atom. The fraction of sp³-hybridized carbons (Fsp3) is 1.00. The summed E-state index contributed by atoms with van der Waals surface area (Å²) in [5.74, 6) is 1.05. The summed E-state index contributed by atoms with van der Waals surface area (Å²) in [6.07, 6.45) is 5.72. The predicted molar refractivity (Wildman–Crippen MR) is 85.3 cm³/mol. The minimum Gasteiger partial charge on any atom is -0.306 e. The third-order valence-corrected chi connectivity index (χ3v) is 5.71. The first-order valence-electron chi connectivity index (χ1n) is 8.98. The highest BCUT2D eigenvalue weighted by atomic mass is 19.1. The van der Waals surface area contributed by atoms with E-state index in [-0.39, 0.29) is 5.92 Å². The number of hydrogen-bond acceptors (Lipinski definition) is 3. The molecule has 3 fully saturated rings. The number of rotatable bonds is 4. The molecule has 3 nitrogen and oxygen atoms in total. The van der Waals surface area contributed by atoms with Crippen molar-refractivity contribution in [3.8, 4) is 0 Å². The largest absolute Gasteiger partial charge is 0.306 e. The fourth-order valence-corrected chi connectivity index (χ4v) is 4.40. The van der Waals surface area contributed by atoms with E-state index in [0.717, 1.165) is 32.0 Å². The molecule has 122 valence electrons. The summed E-state index contributed by atoms with van der Waals surface area (Å²) in [5, 5.41) is 0. The lowest BCUT2D eigenvalue weighted by Gasteiger charge is -2.39. The molecule has 0 aromatic rings. The first kappa shape index (κ1) is 15.7. The molecule has 0 saturated carbocycles. The van der Waals surface area contributed by atoms with Gasteiger partial charge in [0, 0.05) is 32.1 Å². The van der Waals surface area contributed by atoms with Crippen LogP contribution < -0.4 is 0 Å². The van der Waals surface area contributed by atoms with Crippen molar-refractivity contribution in [1.82, 2.24) is 14.7 Å². The predicted octanol–water partition coefficient (Wildman–Crippen LogP) is 2.08. The molecule has 3 saturated heterocycles. The second kappa shape index (κ2) is 7.38. The zero-order chi connectivity index (χ0) is 14.7. The summed E-state index contributed by atoms with van der Waals surface area (Å²) in [4.78, 5) is 7.30. The van der Waals surface area contributed by atoms with Crippen molar-refractivity contribution in [2.24, 2.45) is 11.8 Å². The van der Waals surface area contributed by atoms with Gasteiger partial charge >= 0.3 is 0 Å². The number of halogens is 1. The Balaban J connectivity index is 1.41. The molecule has 0 radical (unpaired) electrons. The van der Waals surface area contributed by atoms with Gasteiger partial charge in [-0.1, -0.05) is 6.42 Å². The first-order valence-corrected chi connectivity index (χ1v) is 8.98. The van der Waals surface area contributed by atoms with Crippen LogP contribution in [-0.4, -0.2) is 80.3 Å². The highest BCUT2D eigenvalue weighted by Crippen LogP contribution is 2.25. The highest BCUT2D eigenvalue weighted by molar-refractivity contribution is 4.85. The summed E-state index contributed by atoms with van der Waals surface area (Å²) in [5.41, 5.74) is 0. The molecule has 3 aliphatic heterocycles. The fourth-order valence-electron chi connectivity index (χ4n) is 4.40. The highest BCUT2D eigenvalue weighted by Gasteiger charge is 2.32.